The van der Waals surface area contributed by atoms with Gasteiger partial charge >= 0.3 is 0 Å². The van der Waals surface area contributed by atoms with Crippen LogP contribution in [0.2, 0.25) is 0 Å². The van der Waals surface area contributed by atoms with Gasteiger partial charge < -0.3 is 4.84 Å². The largest absolute Gasteiger partial charge is 0.305 e. The predicted octanol–water partition coefficient (Wildman–Crippen LogP) is 1.93. The number of nitrogens with two attached hydrogens (primary N) is 1. The summed E-state index contributed by atoms with van der Waals surface area (Å²) in [5.74, 6) is 4.96. The molecule has 0 aromatic heterocycles. The van der Waals surface area contributed by atoms with Crippen molar-refractivity contribution in [2.75, 3.05) is 20.2 Å². The summed E-state index contributed by atoms with van der Waals surface area (Å²) in [4.78, 5) is 4.85. The molecule has 0 spiro atoms. The highest BCUT2D eigenvalue weighted by atomic mass is 32.2. The molecule has 0 unspecified atom stereocenters. The molecule has 2 N–H and O–H groups in total. The van der Waals surface area contributed by atoms with Gasteiger partial charge in [0.15, 0.2) is 0 Å². The van der Waals surface area contributed by atoms with E-state index in [0.29, 0.717) is 18.0 Å². The van der Waals surface area contributed by atoms with Crippen LogP contribution < -0.4 is 5.90 Å². The van der Waals surface area contributed by atoms with Crippen molar-refractivity contribution in [3.8, 4) is 0 Å². The molecule has 0 saturated heterocycles. The second kappa shape index (κ2) is 8.36. The Bertz CT molecular complexity index is 486. The summed E-state index contributed by atoms with van der Waals surface area (Å²) in [6.07, 6.45) is 3.48. The van der Waals surface area contributed by atoms with Crippen LogP contribution in [0, 0.1) is 0 Å². The molecule has 0 atom stereocenters. The van der Waals surface area contributed by atoms with Gasteiger partial charge in [0.25, 0.3) is 0 Å². The lowest BCUT2D eigenvalue weighted by atomic mass is 10.1. The van der Waals surface area contributed by atoms with Gasteiger partial charge in [0.05, 0.1) is 11.5 Å². The van der Waals surface area contributed by atoms with Crippen LogP contribution in [-0.2, 0) is 21.3 Å². The van der Waals surface area contributed by atoms with E-state index in [-0.39, 0.29) is 0 Å². The number of nitrogens with zero attached hydrogens (tertiary/aromatic N) is 1. The molecule has 0 radical (unpaired) electrons. The van der Waals surface area contributed by atoms with Crippen LogP contribution in [0.4, 0.5) is 0 Å². The molecule has 5 nitrogen and oxygen atoms in total. The Morgan fingerprint density at radius 2 is 1.85 bits per heavy atom. The van der Waals surface area contributed by atoms with E-state index in [2.05, 4.69) is 4.84 Å². The number of rotatable bonds is 9. The molecule has 1 aromatic rings. The predicted molar refractivity (Wildman–Crippen MR) is 79.6 cm³/mol. The third-order valence-corrected chi connectivity index (χ3v) is 5.06. The van der Waals surface area contributed by atoms with Crippen molar-refractivity contribution in [1.29, 1.82) is 0 Å². The average molecular weight is 300 g/mol. The molecule has 0 heterocycles. The maximum absolute atomic E-state index is 12.3. The third-order valence-electron chi connectivity index (χ3n) is 3.19. The second-order valence-electron chi connectivity index (χ2n) is 4.80. The minimum atomic E-state index is -3.36. The van der Waals surface area contributed by atoms with Crippen molar-refractivity contribution in [1.82, 2.24) is 4.31 Å². The van der Waals surface area contributed by atoms with Gasteiger partial charge in [0.2, 0.25) is 10.0 Å². The summed E-state index contributed by atoms with van der Waals surface area (Å²) in [6, 6.07) is 7.01. The van der Waals surface area contributed by atoms with Crippen LogP contribution >= 0.6 is 0 Å². The normalized spacial score (nSPS) is 12.0. The fourth-order valence-electron chi connectivity index (χ4n) is 1.87. The molecule has 0 fully saturated rings. The van der Waals surface area contributed by atoms with Gasteiger partial charge in [-0.3, -0.25) is 0 Å². The van der Waals surface area contributed by atoms with Crippen molar-refractivity contribution in [2.45, 2.75) is 37.5 Å². The van der Waals surface area contributed by atoms with Crippen LogP contribution in [0.5, 0.6) is 0 Å². The SMILES string of the molecule is CCCCN(C)S(=O)(=O)c1ccc(CCCON)cc1. The maximum Gasteiger partial charge on any atom is 0.242 e. The van der Waals surface area contributed by atoms with Crippen LogP contribution in [0.1, 0.15) is 31.7 Å². The number of aryl methyl sites for hydroxylation is 1. The number of benzene rings is 1. The van der Waals surface area contributed by atoms with Crippen molar-refractivity contribution in [2.24, 2.45) is 5.90 Å². The van der Waals surface area contributed by atoms with E-state index in [1.54, 1.807) is 19.2 Å². The second-order valence-corrected chi connectivity index (χ2v) is 6.84. The van der Waals surface area contributed by atoms with Gasteiger partial charge in [-0.15, -0.1) is 0 Å². The monoisotopic (exact) mass is 300 g/mol. The quantitative estimate of drug-likeness (QED) is 0.558. The first-order chi connectivity index (χ1) is 9.52. The molecule has 1 aromatic carbocycles. The van der Waals surface area contributed by atoms with Crippen molar-refractivity contribution >= 4 is 10.0 Å². The minimum absolute atomic E-state index is 0.343. The molecule has 1 rings (SSSR count). The topological polar surface area (TPSA) is 72.6 Å². The molecule has 0 aliphatic rings. The number of sulfonamides is 1. The van der Waals surface area contributed by atoms with E-state index in [0.717, 1.165) is 31.2 Å². The lowest BCUT2D eigenvalue weighted by Gasteiger charge is -2.17. The molecule has 0 aliphatic heterocycles. The van der Waals surface area contributed by atoms with Gasteiger partial charge in [0.1, 0.15) is 0 Å². The van der Waals surface area contributed by atoms with E-state index < -0.39 is 10.0 Å². The summed E-state index contributed by atoms with van der Waals surface area (Å²) >= 11 is 0. The summed E-state index contributed by atoms with van der Waals surface area (Å²) in [5.41, 5.74) is 1.08. The molecule has 0 bridgehead atoms. The smallest absolute Gasteiger partial charge is 0.242 e. The summed E-state index contributed by atoms with van der Waals surface area (Å²) in [6.45, 7) is 3.09. The Balaban J connectivity index is 2.71. The standard InChI is InChI=1S/C14H24N2O3S/c1-3-4-11-16(2)20(17,18)14-9-7-13(8-10-14)6-5-12-19-15/h7-10H,3-6,11-12,15H2,1-2H3. The Kier molecular flexibility index (Phi) is 7.15. The summed E-state index contributed by atoms with van der Waals surface area (Å²) < 4.78 is 26.0. The highest BCUT2D eigenvalue weighted by Gasteiger charge is 2.19. The first-order valence-corrected chi connectivity index (χ1v) is 8.33. The lowest BCUT2D eigenvalue weighted by Crippen LogP contribution is -2.27. The number of unbranched alkanes of at least 4 members (excludes halogenated alkanes) is 1. The molecular weight excluding hydrogens is 276 g/mol. The Labute approximate surface area is 121 Å². The van der Waals surface area contributed by atoms with Gasteiger partial charge in [0, 0.05) is 13.6 Å². The van der Waals surface area contributed by atoms with E-state index in [9.17, 15) is 8.42 Å². The highest BCUT2D eigenvalue weighted by molar-refractivity contribution is 7.89. The zero-order valence-electron chi connectivity index (χ0n) is 12.2. The molecule has 114 valence electrons. The van der Waals surface area contributed by atoms with Gasteiger partial charge in [-0.05, 0) is 37.0 Å². The van der Waals surface area contributed by atoms with Gasteiger partial charge in [-0.25, -0.2) is 18.6 Å². The van der Waals surface area contributed by atoms with Crippen LogP contribution in [-0.4, -0.2) is 32.9 Å². The zero-order chi connectivity index (χ0) is 15.0. The first-order valence-electron chi connectivity index (χ1n) is 6.89. The van der Waals surface area contributed by atoms with Crippen molar-refractivity contribution in [3.05, 3.63) is 29.8 Å². The lowest BCUT2D eigenvalue weighted by molar-refractivity contribution is 0.135. The van der Waals surface area contributed by atoms with E-state index in [1.165, 1.54) is 4.31 Å². The maximum atomic E-state index is 12.3. The molecule has 0 aliphatic carbocycles. The Morgan fingerprint density at radius 3 is 2.40 bits per heavy atom. The van der Waals surface area contributed by atoms with E-state index in [1.807, 2.05) is 19.1 Å². The van der Waals surface area contributed by atoms with Crippen LogP contribution in [0.3, 0.4) is 0 Å². The number of hydrogen-bond donors (Lipinski definition) is 1. The first kappa shape index (κ1) is 17.1. The van der Waals surface area contributed by atoms with Crippen LogP contribution in [0.15, 0.2) is 29.2 Å². The molecule has 20 heavy (non-hydrogen) atoms. The minimum Gasteiger partial charge on any atom is -0.305 e. The molecule has 0 saturated carbocycles. The van der Waals surface area contributed by atoms with Gasteiger partial charge in [-0.1, -0.05) is 25.5 Å². The fraction of sp³-hybridized carbons (Fsp3) is 0.571. The Morgan fingerprint density at radius 1 is 1.20 bits per heavy atom. The van der Waals surface area contributed by atoms with Gasteiger partial charge in [-0.2, -0.15) is 0 Å². The third kappa shape index (κ3) is 4.86. The van der Waals surface area contributed by atoms with Crippen LogP contribution in [0.25, 0.3) is 0 Å². The van der Waals surface area contributed by atoms with Crippen molar-refractivity contribution in [3.63, 3.8) is 0 Å². The van der Waals surface area contributed by atoms with E-state index >= 15 is 0 Å². The summed E-state index contributed by atoms with van der Waals surface area (Å²) in [7, 11) is -1.74. The molecule has 6 heteroatoms. The summed E-state index contributed by atoms with van der Waals surface area (Å²) in [5, 5.41) is 0. The number of hydrogen-bond acceptors (Lipinski definition) is 4. The Hall–Kier alpha value is -0.950. The fourth-order valence-corrected chi connectivity index (χ4v) is 3.08. The van der Waals surface area contributed by atoms with Crippen molar-refractivity contribution < 1.29 is 13.3 Å². The van der Waals surface area contributed by atoms with E-state index in [4.69, 9.17) is 5.90 Å². The molecular formula is C14H24N2O3S. The molecule has 0 amide bonds. The average Bonchev–Trinajstić information content (AvgIpc) is 2.45. The zero-order valence-corrected chi connectivity index (χ0v) is 13.0. The highest BCUT2D eigenvalue weighted by Crippen LogP contribution is 2.16.